The van der Waals surface area contributed by atoms with Gasteiger partial charge in [0.2, 0.25) is 0 Å². The van der Waals surface area contributed by atoms with Crippen molar-refractivity contribution in [2.75, 3.05) is 7.11 Å². The van der Waals surface area contributed by atoms with Gasteiger partial charge in [0.1, 0.15) is 5.69 Å². The number of pyridine rings is 1. The molecule has 1 aromatic rings. The average molecular weight is 282 g/mol. The number of carboxylic acid groups (broad SMARTS) is 1. The van der Waals surface area contributed by atoms with E-state index in [-0.39, 0.29) is 10.2 Å². The lowest BCUT2D eigenvalue weighted by molar-refractivity contribution is 0.0688. The molecule has 0 fully saturated rings. The van der Waals surface area contributed by atoms with Gasteiger partial charge >= 0.3 is 5.97 Å². The largest absolute Gasteiger partial charge is 0.493 e. The maximum absolute atomic E-state index is 12.5. The normalized spacial score (nSPS) is 10.5. The van der Waals surface area contributed by atoms with Crippen molar-refractivity contribution >= 4 is 21.9 Å². The molecule has 0 unspecified atom stereocenters. The second kappa shape index (κ2) is 4.52. The van der Waals surface area contributed by atoms with E-state index in [1.54, 1.807) is 0 Å². The highest BCUT2D eigenvalue weighted by Gasteiger charge is 2.21. The summed E-state index contributed by atoms with van der Waals surface area (Å²) in [6.07, 6.45) is -2.89. The first kappa shape index (κ1) is 11.8. The number of alkyl halides is 2. The lowest BCUT2D eigenvalue weighted by Crippen LogP contribution is -2.06. The monoisotopic (exact) mass is 281 g/mol. The van der Waals surface area contributed by atoms with Crippen LogP contribution in [0.25, 0.3) is 0 Å². The van der Waals surface area contributed by atoms with Crippen LogP contribution in [0.2, 0.25) is 0 Å². The highest BCUT2D eigenvalue weighted by atomic mass is 79.9. The topological polar surface area (TPSA) is 59.4 Å². The fourth-order valence-electron chi connectivity index (χ4n) is 0.980. The zero-order chi connectivity index (χ0) is 11.6. The highest BCUT2D eigenvalue weighted by molar-refractivity contribution is 9.10. The number of hydrogen-bond donors (Lipinski definition) is 1. The summed E-state index contributed by atoms with van der Waals surface area (Å²) in [6, 6.07) is 1.10. The van der Waals surface area contributed by atoms with Crippen LogP contribution in [0.4, 0.5) is 8.78 Å². The zero-order valence-corrected chi connectivity index (χ0v) is 9.09. The molecular weight excluding hydrogens is 276 g/mol. The molecule has 82 valence electrons. The molecule has 0 aliphatic rings. The molecule has 7 heteroatoms. The van der Waals surface area contributed by atoms with Crippen LogP contribution in [0.15, 0.2) is 10.5 Å². The van der Waals surface area contributed by atoms with Gasteiger partial charge in [-0.1, -0.05) is 0 Å². The van der Waals surface area contributed by atoms with E-state index in [1.807, 2.05) is 0 Å². The summed E-state index contributed by atoms with van der Waals surface area (Å²) in [5.41, 5.74) is -1.15. The molecule has 4 nitrogen and oxygen atoms in total. The van der Waals surface area contributed by atoms with E-state index >= 15 is 0 Å². The number of nitrogens with zero attached hydrogens (tertiary/aromatic N) is 1. The number of carboxylic acids is 1. The Bertz CT molecular complexity index is 398. The Morgan fingerprint density at radius 3 is 2.67 bits per heavy atom. The van der Waals surface area contributed by atoms with Crippen molar-refractivity contribution in [1.82, 2.24) is 4.98 Å². The summed E-state index contributed by atoms with van der Waals surface area (Å²) in [4.78, 5) is 13.9. The van der Waals surface area contributed by atoms with E-state index in [0.717, 1.165) is 6.07 Å². The molecule has 1 rings (SSSR count). The number of ether oxygens (including phenoxy) is 1. The Morgan fingerprint density at radius 2 is 2.27 bits per heavy atom. The van der Waals surface area contributed by atoms with Crippen LogP contribution in [0.1, 0.15) is 22.6 Å². The van der Waals surface area contributed by atoms with E-state index in [1.165, 1.54) is 7.11 Å². The van der Waals surface area contributed by atoms with Crippen LogP contribution in [0.5, 0.6) is 5.75 Å². The number of hydrogen-bond acceptors (Lipinski definition) is 3. The average Bonchev–Trinajstić information content (AvgIpc) is 2.16. The third-order valence-electron chi connectivity index (χ3n) is 1.58. The fourth-order valence-corrected chi connectivity index (χ4v) is 1.56. The van der Waals surface area contributed by atoms with E-state index in [0.29, 0.717) is 0 Å². The minimum absolute atomic E-state index is 0.132. The van der Waals surface area contributed by atoms with Crippen LogP contribution < -0.4 is 4.74 Å². The van der Waals surface area contributed by atoms with Crippen molar-refractivity contribution in [3.8, 4) is 5.75 Å². The van der Waals surface area contributed by atoms with Crippen molar-refractivity contribution in [2.45, 2.75) is 6.43 Å². The lowest BCUT2D eigenvalue weighted by Gasteiger charge is -2.09. The Morgan fingerprint density at radius 1 is 1.67 bits per heavy atom. The van der Waals surface area contributed by atoms with Gasteiger partial charge < -0.3 is 9.84 Å². The third-order valence-corrected chi connectivity index (χ3v) is 2.17. The first-order valence-corrected chi connectivity index (χ1v) is 4.52. The molecular formula is C8H6BrF2NO3. The Hall–Kier alpha value is -1.24. The maximum atomic E-state index is 12.5. The molecule has 1 heterocycles. The van der Waals surface area contributed by atoms with Gasteiger partial charge in [0.05, 0.1) is 11.6 Å². The van der Waals surface area contributed by atoms with Crippen LogP contribution in [0, 0.1) is 0 Å². The van der Waals surface area contributed by atoms with Gasteiger partial charge in [-0.3, -0.25) is 0 Å². The first-order chi connectivity index (χ1) is 6.97. The second-order valence-corrected chi connectivity index (χ2v) is 3.37. The minimum Gasteiger partial charge on any atom is -0.493 e. The number of aromatic carboxylic acids is 1. The van der Waals surface area contributed by atoms with Crippen molar-refractivity contribution in [3.63, 3.8) is 0 Å². The van der Waals surface area contributed by atoms with E-state index < -0.39 is 23.8 Å². The van der Waals surface area contributed by atoms with Gasteiger partial charge in [-0.2, -0.15) is 0 Å². The van der Waals surface area contributed by atoms with Gasteiger partial charge in [-0.05, 0) is 22.0 Å². The molecule has 0 saturated carbocycles. The Labute approximate surface area is 92.0 Å². The second-order valence-electron chi connectivity index (χ2n) is 2.51. The molecule has 0 atom stereocenters. The fraction of sp³-hybridized carbons (Fsp3) is 0.250. The van der Waals surface area contributed by atoms with Crippen molar-refractivity contribution in [3.05, 3.63) is 21.9 Å². The summed E-state index contributed by atoms with van der Waals surface area (Å²) in [5.74, 6) is -1.53. The standard InChI is InChI=1S/C8H6BrF2NO3/c1-15-6-3(9)2-4(8(13)14)12-5(6)7(10)11/h2,7H,1H3,(H,13,14). The summed E-state index contributed by atoms with van der Waals surface area (Å²) in [7, 11) is 1.20. The molecule has 0 amide bonds. The summed E-state index contributed by atoms with van der Waals surface area (Å²) in [5, 5.41) is 8.61. The van der Waals surface area contributed by atoms with Crippen molar-refractivity contribution in [1.29, 1.82) is 0 Å². The van der Waals surface area contributed by atoms with Gasteiger partial charge in [0.25, 0.3) is 6.43 Å². The van der Waals surface area contributed by atoms with E-state index in [2.05, 4.69) is 25.7 Å². The summed E-state index contributed by atoms with van der Waals surface area (Å²) < 4.78 is 29.8. The van der Waals surface area contributed by atoms with Crippen molar-refractivity contribution < 1.29 is 23.4 Å². The number of methoxy groups -OCH3 is 1. The Balaban J connectivity index is 3.38. The molecule has 0 saturated heterocycles. The molecule has 15 heavy (non-hydrogen) atoms. The lowest BCUT2D eigenvalue weighted by atomic mass is 10.3. The molecule has 0 aliphatic carbocycles. The van der Waals surface area contributed by atoms with Gasteiger partial charge in [0, 0.05) is 0 Å². The smallest absolute Gasteiger partial charge is 0.354 e. The van der Waals surface area contributed by atoms with Gasteiger partial charge in [0.15, 0.2) is 11.4 Å². The van der Waals surface area contributed by atoms with E-state index in [4.69, 9.17) is 5.11 Å². The highest BCUT2D eigenvalue weighted by Crippen LogP contribution is 2.34. The number of carbonyl (C=O) groups is 1. The van der Waals surface area contributed by atoms with Gasteiger partial charge in [-0.15, -0.1) is 0 Å². The van der Waals surface area contributed by atoms with Crippen LogP contribution >= 0.6 is 15.9 Å². The Kier molecular flexibility index (Phi) is 3.57. The summed E-state index contributed by atoms with van der Waals surface area (Å²) in [6.45, 7) is 0. The van der Waals surface area contributed by atoms with Crippen molar-refractivity contribution in [2.24, 2.45) is 0 Å². The number of aromatic nitrogens is 1. The predicted molar refractivity (Wildman–Crippen MR) is 50.4 cm³/mol. The quantitative estimate of drug-likeness (QED) is 0.925. The van der Waals surface area contributed by atoms with Crippen LogP contribution in [-0.4, -0.2) is 23.2 Å². The molecule has 0 aliphatic heterocycles. The number of rotatable bonds is 3. The maximum Gasteiger partial charge on any atom is 0.354 e. The number of halogens is 3. The van der Waals surface area contributed by atoms with E-state index in [9.17, 15) is 13.6 Å². The molecule has 0 bridgehead atoms. The molecule has 1 N–H and O–H groups in total. The van der Waals surface area contributed by atoms with Crippen LogP contribution in [0.3, 0.4) is 0 Å². The molecule has 0 radical (unpaired) electrons. The molecule has 1 aromatic heterocycles. The first-order valence-electron chi connectivity index (χ1n) is 3.73. The SMILES string of the molecule is COc1c(Br)cc(C(=O)O)nc1C(F)F. The van der Waals surface area contributed by atoms with Gasteiger partial charge in [-0.25, -0.2) is 18.6 Å². The zero-order valence-electron chi connectivity index (χ0n) is 7.50. The van der Waals surface area contributed by atoms with Crippen LogP contribution in [-0.2, 0) is 0 Å². The third kappa shape index (κ3) is 2.41. The predicted octanol–water partition coefficient (Wildman–Crippen LogP) is 2.49. The molecule has 0 aromatic carbocycles. The summed E-state index contributed by atoms with van der Waals surface area (Å²) >= 11 is 2.93. The molecule has 0 spiro atoms. The minimum atomic E-state index is -2.89.